The Morgan fingerprint density at radius 1 is 1.32 bits per heavy atom. The fourth-order valence-corrected chi connectivity index (χ4v) is 2.42. The molecule has 0 aliphatic heterocycles. The maximum Gasteiger partial charge on any atom is 0.191 e. The molecule has 2 aromatic rings. The van der Waals surface area contributed by atoms with Crippen molar-refractivity contribution in [3.63, 3.8) is 0 Å². The van der Waals surface area contributed by atoms with Gasteiger partial charge in [-0.25, -0.2) is 4.99 Å². The fraction of sp³-hybridized carbons (Fsp3) is 0.412. The fourth-order valence-electron chi connectivity index (χ4n) is 2.16. The second-order valence-electron chi connectivity index (χ2n) is 5.85. The third-order valence-corrected chi connectivity index (χ3v) is 4.13. The largest absolute Gasteiger partial charge is 0.383 e. The average Bonchev–Trinajstić information content (AvgIpc) is 2.99. The van der Waals surface area contributed by atoms with E-state index in [9.17, 15) is 5.11 Å². The maximum atomic E-state index is 10.6. The van der Waals surface area contributed by atoms with Gasteiger partial charge < -0.3 is 15.7 Å². The summed E-state index contributed by atoms with van der Waals surface area (Å²) in [6, 6.07) is 8.06. The van der Waals surface area contributed by atoms with Crippen LogP contribution >= 0.6 is 39.9 Å². The summed E-state index contributed by atoms with van der Waals surface area (Å²) in [5.74, 6) is 0.671. The van der Waals surface area contributed by atoms with Crippen LogP contribution in [0.2, 0.25) is 0 Å². The molecule has 0 saturated heterocycles. The molecule has 1 heterocycles. The molecule has 0 bridgehead atoms. The molecule has 1 aromatic heterocycles. The number of aryl methyl sites for hydroxylation is 1. The molecular formula is C17H25BrIN5O. The minimum Gasteiger partial charge on any atom is -0.383 e. The molecule has 3 N–H and O–H groups in total. The van der Waals surface area contributed by atoms with E-state index in [-0.39, 0.29) is 24.0 Å². The zero-order valence-corrected chi connectivity index (χ0v) is 18.6. The number of hydrogen-bond donors (Lipinski definition) is 3. The van der Waals surface area contributed by atoms with Crippen LogP contribution in [0.15, 0.2) is 46.1 Å². The molecule has 1 unspecified atom stereocenters. The van der Waals surface area contributed by atoms with Crippen molar-refractivity contribution in [1.82, 2.24) is 20.4 Å². The number of rotatable bonds is 6. The van der Waals surface area contributed by atoms with E-state index in [0.717, 1.165) is 22.1 Å². The van der Waals surface area contributed by atoms with E-state index in [4.69, 9.17) is 0 Å². The van der Waals surface area contributed by atoms with Gasteiger partial charge in [0.1, 0.15) is 5.60 Å². The monoisotopic (exact) mass is 521 g/mol. The molecule has 8 heteroatoms. The second-order valence-corrected chi connectivity index (χ2v) is 6.77. The molecule has 0 aliphatic carbocycles. The highest BCUT2D eigenvalue weighted by Gasteiger charge is 2.24. The number of benzene rings is 1. The Hall–Kier alpha value is -1.13. The number of aliphatic imine (C=N–C) groups is 1. The molecule has 0 fully saturated rings. The van der Waals surface area contributed by atoms with Crippen LogP contribution in [0.3, 0.4) is 0 Å². The summed E-state index contributed by atoms with van der Waals surface area (Å²) in [7, 11) is 1.83. The SMILES string of the molecule is CCNC(=NCc1ccc(Br)cc1)NCC(C)(O)c1cnn(C)c1.I. The van der Waals surface area contributed by atoms with Crippen molar-refractivity contribution in [2.75, 3.05) is 13.1 Å². The molecule has 1 aromatic carbocycles. The molecule has 0 spiro atoms. The van der Waals surface area contributed by atoms with E-state index in [0.29, 0.717) is 19.0 Å². The van der Waals surface area contributed by atoms with Crippen LogP contribution in [0.1, 0.15) is 25.0 Å². The quantitative estimate of drug-likeness (QED) is 0.310. The summed E-state index contributed by atoms with van der Waals surface area (Å²) >= 11 is 3.43. The van der Waals surface area contributed by atoms with Crippen LogP contribution in [0.25, 0.3) is 0 Å². The molecule has 6 nitrogen and oxygen atoms in total. The summed E-state index contributed by atoms with van der Waals surface area (Å²) in [5, 5.41) is 21.1. The summed E-state index contributed by atoms with van der Waals surface area (Å²) in [4.78, 5) is 4.56. The molecule has 0 saturated carbocycles. The van der Waals surface area contributed by atoms with Gasteiger partial charge in [0.05, 0.1) is 19.3 Å². The lowest BCUT2D eigenvalue weighted by atomic mass is 10.00. The Labute approximate surface area is 174 Å². The highest BCUT2D eigenvalue weighted by atomic mass is 127. The minimum atomic E-state index is -1.03. The van der Waals surface area contributed by atoms with Crippen molar-refractivity contribution < 1.29 is 5.11 Å². The van der Waals surface area contributed by atoms with Crippen LogP contribution in [0, 0.1) is 0 Å². The first-order valence-corrected chi connectivity index (χ1v) is 8.68. The predicted octanol–water partition coefficient (Wildman–Crippen LogP) is 2.76. The summed E-state index contributed by atoms with van der Waals surface area (Å²) in [5.41, 5.74) is 0.859. The van der Waals surface area contributed by atoms with Crippen molar-refractivity contribution in [3.05, 3.63) is 52.3 Å². The van der Waals surface area contributed by atoms with Gasteiger partial charge in [-0.3, -0.25) is 4.68 Å². The number of halogens is 2. The molecule has 1 atom stereocenters. The van der Waals surface area contributed by atoms with Crippen LogP contribution in [-0.2, 0) is 19.2 Å². The van der Waals surface area contributed by atoms with Gasteiger partial charge in [-0.15, -0.1) is 24.0 Å². The van der Waals surface area contributed by atoms with Gasteiger partial charge >= 0.3 is 0 Å². The third kappa shape index (κ3) is 6.95. The normalized spacial score (nSPS) is 13.7. The topological polar surface area (TPSA) is 74.5 Å². The first-order chi connectivity index (χ1) is 11.4. The van der Waals surface area contributed by atoms with Gasteiger partial charge in [-0.05, 0) is 31.5 Å². The summed E-state index contributed by atoms with van der Waals surface area (Å²) in [6.07, 6.45) is 3.49. The predicted molar refractivity (Wildman–Crippen MR) is 115 cm³/mol. The number of hydrogen-bond acceptors (Lipinski definition) is 3. The maximum absolute atomic E-state index is 10.6. The molecule has 0 amide bonds. The van der Waals surface area contributed by atoms with Crippen molar-refractivity contribution >= 4 is 45.9 Å². The van der Waals surface area contributed by atoms with Crippen LogP contribution in [0.5, 0.6) is 0 Å². The third-order valence-electron chi connectivity index (χ3n) is 3.60. The van der Waals surface area contributed by atoms with E-state index < -0.39 is 5.60 Å². The van der Waals surface area contributed by atoms with E-state index in [1.165, 1.54) is 0 Å². The highest BCUT2D eigenvalue weighted by Crippen LogP contribution is 2.18. The Morgan fingerprint density at radius 2 is 2.00 bits per heavy atom. The Balaban J connectivity index is 0.00000312. The van der Waals surface area contributed by atoms with E-state index in [2.05, 4.69) is 36.7 Å². The molecule has 25 heavy (non-hydrogen) atoms. The molecule has 0 aliphatic rings. The van der Waals surface area contributed by atoms with Gasteiger partial charge in [0.25, 0.3) is 0 Å². The molecule has 2 rings (SSSR count). The Kier molecular flexibility index (Phi) is 8.87. The van der Waals surface area contributed by atoms with Gasteiger partial charge in [0, 0.05) is 29.8 Å². The number of nitrogens with one attached hydrogen (secondary N) is 2. The highest BCUT2D eigenvalue weighted by molar-refractivity contribution is 14.0. The lowest BCUT2D eigenvalue weighted by Gasteiger charge is -2.23. The molecule has 0 radical (unpaired) electrons. The van der Waals surface area contributed by atoms with E-state index in [1.54, 1.807) is 17.8 Å². The minimum absolute atomic E-state index is 0. The molecule has 138 valence electrons. The lowest BCUT2D eigenvalue weighted by Crippen LogP contribution is -2.44. The first kappa shape index (κ1) is 21.9. The van der Waals surface area contributed by atoms with Gasteiger partial charge in [0.15, 0.2) is 5.96 Å². The van der Waals surface area contributed by atoms with Crippen LogP contribution in [0.4, 0.5) is 0 Å². The lowest BCUT2D eigenvalue weighted by molar-refractivity contribution is 0.0616. The standard InChI is InChI=1S/C17H24BrN5O.HI/c1-4-19-16(20-9-13-5-7-15(18)8-6-13)21-12-17(2,24)14-10-22-23(3)11-14;/h5-8,10-11,24H,4,9,12H2,1-3H3,(H2,19,20,21);1H. The average molecular weight is 522 g/mol. The number of aromatic nitrogens is 2. The van der Waals surface area contributed by atoms with E-state index in [1.807, 2.05) is 44.4 Å². The second kappa shape index (κ2) is 10.1. The Morgan fingerprint density at radius 3 is 2.56 bits per heavy atom. The molecular weight excluding hydrogens is 497 g/mol. The Bertz CT molecular complexity index is 685. The number of aliphatic hydroxyl groups is 1. The number of guanidine groups is 1. The van der Waals surface area contributed by atoms with Crippen LogP contribution < -0.4 is 10.6 Å². The van der Waals surface area contributed by atoms with Crippen molar-refractivity contribution in [2.45, 2.75) is 26.0 Å². The summed E-state index contributed by atoms with van der Waals surface area (Å²) in [6.45, 7) is 5.43. The first-order valence-electron chi connectivity index (χ1n) is 7.89. The van der Waals surface area contributed by atoms with Gasteiger partial charge in [0.2, 0.25) is 0 Å². The summed E-state index contributed by atoms with van der Waals surface area (Å²) < 4.78 is 2.73. The zero-order chi connectivity index (χ0) is 17.6. The smallest absolute Gasteiger partial charge is 0.191 e. The zero-order valence-electron chi connectivity index (χ0n) is 14.7. The van der Waals surface area contributed by atoms with Gasteiger partial charge in [-0.1, -0.05) is 28.1 Å². The van der Waals surface area contributed by atoms with Crippen LogP contribution in [-0.4, -0.2) is 33.9 Å². The van der Waals surface area contributed by atoms with Crippen molar-refractivity contribution in [1.29, 1.82) is 0 Å². The van der Waals surface area contributed by atoms with Crippen molar-refractivity contribution in [3.8, 4) is 0 Å². The van der Waals surface area contributed by atoms with E-state index >= 15 is 0 Å². The van der Waals surface area contributed by atoms with Crippen molar-refractivity contribution in [2.24, 2.45) is 12.0 Å². The van der Waals surface area contributed by atoms with Gasteiger partial charge in [-0.2, -0.15) is 5.10 Å². The number of nitrogens with zero attached hydrogens (tertiary/aromatic N) is 3.